The van der Waals surface area contributed by atoms with Gasteiger partial charge in [-0.1, -0.05) is 19.1 Å². The minimum absolute atomic E-state index is 0.00979. The second-order valence-corrected chi connectivity index (χ2v) is 5.03. The molecule has 1 unspecified atom stereocenters. The molecule has 0 spiro atoms. The molecule has 0 aliphatic rings. The molecule has 1 heterocycles. The Kier molecular flexibility index (Phi) is 4.61. The van der Waals surface area contributed by atoms with Crippen LogP contribution in [0.2, 0.25) is 0 Å². The Morgan fingerprint density at radius 3 is 2.56 bits per heavy atom. The van der Waals surface area contributed by atoms with Crippen LogP contribution in [0.4, 0.5) is 0 Å². The van der Waals surface area contributed by atoms with Crippen molar-refractivity contribution in [2.24, 2.45) is 24.6 Å². The lowest BCUT2D eigenvalue weighted by atomic mass is 9.92. The van der Waals surface area contributed by atoms with E-state index in [1.54, 1.807) is 7.05 Å². The number of aromatic nitrogens is 3. The van der Waals surface area contributed by atoms with Crippen molar-refractivity contribution in [2.45, 2.75) is 20.3 Å². The first-order valence-electron chi connectivity index (χ1n) is 5.26. The van der Waals surface area contributed by atoms with Gasteiger partial charge in [0.05, 0.1) is 0 Å². The van der Waals surface area contributed by atoms with Crippen molar-refractivity contribution in [1.82, 2.24) is 15.0 Å². The van der Waals surface area contributed by atoms with Crippen LogP contribution in [-0.4, -0.2) is 27.3 Å². The van der Waals surface area contributed by atoms with Gasteiger partial charge in [-0.05, 0) is 28.3 Å². The summed E-state index contributed by atoms with van der Waals surface area (Å²) in [5, 5.41) is 7.59. The Balaban J connectivity index is 2.91. The molecule has 0 fully saturated rings. The molecule has 1 aromatic rings. The number of carbonyl (C=O) groups excluding carboxylic acids is 1. The van der Waals surface area contributed by atoms with Gasteiger partial charge in [-0.15, -0.1) is 5.10 Å². The molecular formula is C10H17BrN4O. The highest BCUT2D eigenvalue weighted by molar-refractivity contribution is 9.10. The molecule has 0 aliphatic heterocycles. The highest BCUT2D eigenvalue weighted by Crippen LogP contribution is 2.20. The SMILES string of the molecule is CC(C)CC(CN)C(=O)c1c(Br)nnn1C. The van der Waals surface area contributed by atoms with Crippen molar-refractivity contribution in [3.63, 3.8) is 0 Å². The van der Waals surface area contributed by atoms with E-state index in [1.165, 1.54) is 4.68 Å². The number of hydrogen-bond acceptors (Lipinski definition) is 4. The summed E-state index contributed by atoms with van der Waals surface area (Å²) in [6.07, 6.45) is 0.785. The third kappa shape index (κ3) is 2.89. The molecule has 1 aromatic heterocycles. The van der Waals surface area contributed by atoms with Gasteiger partial charge in [0.15, 0.2) is 10.4 Å². The van der Waals surface area contributed by atoms with Gasteiger partial charge in [-0.25, -0.2) is 4.68 Å². The predicted octanol–water partition coefficient (Wildman–Crippen LogP) is 1.38. The second-order valence-electron chi connectivity index (χ2n) is 4.28. The van der Waals surface area contributed by atoms with Crippen LogP contribution in [0, 0.1) is 11.8 Å². The van der Waals surface area contributed by atoms with Gasteiger partial charge in [-0.3, -0.25) is 4.79 Å². The number of aryl methyl sites for hydroxylation is 1. The van der Waals surface area contributed by atoms with Crippen LogP contribution < -0.4 is 5.73 Å². The maximum atomic E-state index is 12.2. The van der Waals surface area contributed by atoms with Crippen molar-refractivity contribution >= 4 is 21.7 Å². The lowest BCUT2D eigenvalue weighted by molar-refractivity contribution is 0.0898. The van der Waals surface area contributed by atoms with E-state index >= 15 is 0 Å². The van der Waals surface area contributed by atoms with E-state index in [9.17, 15) is 4.79 Å². The number of carbonyl (C=O) groups is 1. The Labute approximate surface area is 104 Å². The van der Waals surface area contributed by atoms with E-state index in [1.807, 2.05) is 0 Å². The van der Waals surface area contributed by atoms with E-state index in [2.05, 4.69) is 40.1 Å². The number of halogens is 1. The molecule has 0 saturated carbocycles. The Bertz CT molecular complexity index is 355. The molecule has 5 nitrogen and oxygen atoms in total. The van der Waals surface area contributed by atoms with Crippen LogP contribution in [0.1, 0.15) is 30.8 Å². The van der Waals surface area contributed by atoms with Gasteiger partial charge in [-0.2, -0.15) is 0 Å². The van der Waals surface area contributed by atoms with Crippen LogP contribution in [0.15, 0.2) is 4.60 Å². The standard InChI is InChI=1S/C10H17BrN4O/c1-6(2)4-7(5-12)9(16)8-10(11)13-14-15(8)3/h6-7H,4-5,12H2,1-3H3. The van der Waals surface area contributed by atoms with Crippen LogP contribution in [0.25, 0.3) is 0 Å². The molecule has 90 valence electrons. The number of nitrogens with two attached hydrogens (primary N) is 1. The van der Waals surface area contributed by atoms with E-state index in [-0.39, 0.29) is 11.7 Å². The summed E-state index contributed by atoms with van der Waals surface area (Å²) in [4.78, 5) is 12.2. The zero-order valence-electron chi connectivity index (χ0n) is 9.77. The zero-order chi connectivity index (χ0) is 12.3. The third-order valence-corrected chi connectivity index (χ3v) is 2.96. The monoisotopic (exact) mass is 288 g/mol. The van der Waals surface area contributed by atoms with Gasteiger partial charge in [0.25, 0.3) is 0 Å². The number of nitrogens with zero attached hydrogens (tertiary/aromatic N) is 3. The van der Waals surface area contributed by atoms with E-state index in [4.69, 9.17) is 5.73 Å². The predicted molar refractivity (Wildman–Crippen MR) is 65.0 cm³/mol. The average Bonchev–Trinajstić information content (AvgIpc) is 2.54. The van der Waals surface area contributed by atoms with E-state index in [0.29, 0.717) is 22.8 Å². The quantitative estimate of drug-likeness (QED) is 0.831. The maximum absolute atomic E-state index is 12.2. The van der Waals surface area contributed by atoms with Crippen molar-refractivity contribution in [3.05, 3.63) is 10.3 Å². The van der Waals surface area contributed by atoms with Crippen LogP contribution >= 0.6 is 15.9 Å². The van der Waals surface area contributed by atoms with Gasteiger partial charge in [0.2, 0.25) is 0 Å². The van der Waals surface area contributed by atoms with Crippen molar-refractivity contribution < 1.29 is 4.79 Å². The Morgan fingerprint density at radius 1 is 1.56 bits per heavy atom. The normalized spacial score (nSPS) is 13.1. The molecule has 0 amide bonds. The fraction of sp³-hybridized carbons (Fsp3) is 0.700. The van der Waals surface area contributed by atoms with Gasteiger partial charge < -0.3 is 5.73 Å². The molecule has 2 N–H and O–H groups in total. The molecule has 1 rings (SSSR count). The van der Waals surface area contributed by atoms with Crippen LogP contribution in [0.5, 0.6) is 0 Å². The summed E-state index contributed by atoms with van der Waals surface area (Å²) in [6, 6.07) is 0. The summed E-state index contributed by atoms with van der Waals surface area (Å²) in [6.45, 7) is 4.51. The second kappa shape index (κ2) is 5.54. The van der Waals surface area contributed by atoms with Crippen LogP contribution in [0.3, 0.4) is 0 Å². The molecule has 16 heavy (non-hydrogen) atoms. The molecule has 6 heteroatoms. The lowest BCUT2D eigenvalue weighted by Crippen LogP contribution is -2.27. The van der Waals surface area contributed by atoms with Gasteiger partial charge in [0.1, 0.15) is 5.69 Å². The smallest absolute Gasteiger partial charge is 0.188 e. The first-order valence-corrected chi connectivity index (χ1v) is 6.06. The number of rotatable bonds is 5. The number of Topliss-reactive ketones (excluding diaryl/α,β-unsaturated/α-hetero) is 1. The van der Waals surface area contributed by atoms with Crippen molar-refractivity contribution in [1.29, 1.82) is 0 Å². The molecule has 0 aromatic carbocycles. The molecular weight excluding hydrogens is 272 g/mol. The summed E-state index contributed by atoms with van der Waals surface area (Å²) >= 11 is 3.23. The molecule has 1 atom stereocenters. The third-order valence-electron chi connectivity index (χ3n) is 2.43. The largest absolute Gasteiger partial charge is 0.330 e. The van der Waals surface area contributed by atoms with Gasteiger partial charge >= 0.3 is 0 Å². The van der Waals surface area contributed by atoms with Crippen molar-refractivity contribution in [2.75, 3.05) is 6.54 Å². The fourth-order valence-corrected chi connectivity index (χ4v) is 2.19. The summed E-state index contributed by atoms with van der Waals surface area (Å²) in [7, 11) is 1.70. The van der Waals surface area contributed by atoms with E-state index < -0.39 is 0 Å². The minimum Gasteiger partial charge on any atom is -0.330 e. The average molecular weight is 289 g/mol. The molecule has 0 bridgehead atoms. The number of hydrogen-bond donors (Lipinski definition) is 1. The maximum Gasteiger partial charge on any atom is 0.188 e. The van der Waals surface area contributed by atoms with Crippen LogP contribution in [-0.2, 0) is 7.05 Å². The molecule has 0 saturated heterocycles. The summed E-state index contributed by atoms with van der Waals surface area (Å²) in [5.74, 6) is 0.293. The highest BCUT2D eigenvalue weighted by Gasteiger charge is 2.25. The highest BCUT2D eigenvalue weighted by atomic mass is 79.9. The van der Waals surface area contributed by atoms with Gasteiger partial charge in [0, 0.05) is 19.5 Å². The fourth-order valence-electron chi connectivity index (χ4n) is 1.67. The topological polar surface area (TPSA) is 73.8 Å². The van der Waals surface area contributed by atoms with Crippen molar-refractivity contribution in [3.8, 4) is 0 Å². The number of ketones is 1. The molecule has 0 aliphatic carbocycles. The first kappa shape index (κ1) is 13.3. The first-order chi connectivity index (χ1) is 7.47. The Morgan fingerprint density at radius 2 is 2.19 bits per heavy atom. The zero-order valence-corrected chi connectivity index (χ0v) is 11.4. The summed E-state index contributed by atoms with van der Waals surface area (Å²) < 4.78 is 1.97. The lowest BCUT2D eigenvalue weighted by Gasteiger charge is -2.15. The van der Waals surface area contributed by atoms with E-state index in [0.717, 1.165) is 6.42 Å². The summed E-state index contributed by atoms with van der Waals surface area (Å²) in [5.41, 5.74) is 6.14. The minimum atomic E-state index is -0.159. The Hall–Kier alpha value is -0.750. The molecule has 0 radical (unpaired) electrons.